The number of aromatic nitrogens is 1. The molecule has 0 unspecified atom stereocenters. The number of nitrogens with two attached hydrogens (primary N) is 1. The van der Waals surface area contributed by atoms with Gasteiger partial charge in [-0.05, 0) is 47.0 Å². The Hall–Kier alpha value is -1.33. The second-order valence-corrected chi connectivity index (χ2v) is 6.89. The van der Waals surface area contributed by atoms with Crippen LogP contribution in [-0.2, 0) is 0 Å². The Bertz CT molecular complexity index is 675. The van der Waals surface area contributed by atoms with Crippen molar-refractivity contribution in [3.8, 4) is 0 Å². The van der Waals surface area contributed by atoms with E-state index in [1.54, 1.807) is 0 Å². The van der Waals surface area contributed by atoms with Crippen LogP contribution in [0.2, 0.25) is 0 Å². The third-order valence-electron chi connectivity index (χ3n) is 4.55. The molecule has 5 heteroatoms. The molecule has 0 spiro atoms. The molecule has 2 N–H and O–H groups in total. The maximum absolute atomic E-state index is 6.11. The molecule has 2 aromatic rings. The Kier molecular flexibility index (Phi) is 3.27. The zero-order valence-corrected chi connectivity index (χ0v) is 13.5. The van der Waals surface area contributed by atoms with E-state index in [4.69, 9.17) is 5.73 Å². The molecule has 2 fully saturated rings. The summed E-state index contributed by atoms with van der Waals surface area (Å²) in [6.45, 7) is 4.47. The molecule has 0 radical (unpaired) electrons. The summed E-state index contributed by atoms with van der Waals surface area (Å²) in [5, 5.41) is 1.03. The highest BCUT2D eigenvalue weighted by molar-refractivity contribution is 9.10. The lowest BCUT2D eigenvalue weighted by atomic mass is 10.1. The van der Waals surface area contributed by atoms with E-state index in [0.717, 1.165) is 53.3 Å². The molecule has 4 rings (SSSR count). The van der Waals surface area contributed by atoms with Crippen molar-refractivity contribution >= 4 is 38.2 Å². The lowest BCUT2D eigenvalue weighted by Gasteiger charge is -2.36. The number of pyridine rings is 1. The molecule has 110 valence electrons. The predicted molar refractivity (Wildman–Crippen MR) is 90.7 cm³/mol. The fourth-order valence-electron chi connectivity index (χ4n) is 3.22. The number of piperazine rings is 1. The van der Waals surface area contributed by atoms with Gasteiger partial charge in [0.05, 0.1) is 11.2 Å². The zero-order chi connectivity index (χ0) is 14.4. The van der Waals surface area contributed by atoms with Gasteiger partial charge in [0.1, 0.15) is 0 Å². The summed E-state index contributed by atoms with van der Waals surface area (Å²) in [4.78, 5) is 9.67. The molecule has 1 aliphatic heterocycles. The first-order valence-electron chi connectivity index (χ1n) is 7.55. The van der Waals surface area contributed by atoms with Crippen LogP contribution in [0.1, 0.15) is 12.8 Å². The number of anilines is 2. The number of nitrogens with zero attached hydrogens (tertiary/aromatic N) is 3. The SMILES string of the molecule is Nc1ccc(N2CCN(C3CC3)CC2)c2ncc(Br)cc12. The number of nitrogen functional groups attached to an aromatic ring is 1. The van der Waals surface area contributed by atoms with Gasteiger partial charge in [0.15, 0.2) is 0 Å². The second-order valence-electron chi connectivity index (χ2n) is 5.98. The molecule has 4 nitrogen and oxygen atoms in total. The van der Waals surface area contributed by atoms with Crippen molar-refractivity contribution < 1.29 is 0 Å². The Balaban J connectivity index is 1.65. The summed E-state index contributed by atoms with van der Waals surface area (Å²) in [5.41, 5.74) is 9.12. The van der Waals surface area contributed by atoms with E-state index >= 15 is 0 Å². The molecule has 1 aromatic carbocycles. The number of rotatable bonds is 2. The highest BCUT2D eigenvalue weighted by Gasteiger charge is 2.31. The number of fused-ring (bicyclic) bond motifs is 1. The van der Waals surface area contributed by atoms with Crippen LogP contribution in [0.25, 0.3) is 10.9 Å². The molecule has 1 saturated carbocycles. The normalized spacial score (nSPS) is 20.1. The smallest absolute Gasteiger partial charge is 0.0956 e. The molecule has 1 aliphatic carbocycles. The van der Waals surface area contributed by atoms with Crippen molar-refractivity contribution in [2.75, 3.05) is 36.8 Å². The molecule has 0 atom stereocenters. The minimum Gasteiger partial charge on any atom is -0.398 e. The lowest BCUT2D eigenvalue weighted by Crippen LogP contribution is -2.47. The minimum absolute atomic E-state index is 0.791. The average Bonchev–Trinajstić information content (AvgIpc) is 3.33. The number of hydrogen-bond donors (Lipinski definition) is 1. The molecular weight excluding hydrogens is 328 g/mol. The Morgan fingerprint density at radius 1 is 1.14 bits per heavy atom. The first-order valence-corrected chi connectivity index (χ1v) is 8.34. The van der Waals surface area contributed by atoms with Crippen molar-refractivity contribution in [1.82, 2.24) is 9.88 Å². The molecule has 21 heavy (non-hydrogen) atoms. The van der Waals surface area contributed by atoms with Gasteiger partial charge in [0.25, 0.3) is 0 Å². The van der Waals surface area contributed by atoms with Crippen molar-refractivity contribution in [2.24, 2.45) is 0 Å². The molecule has 0 bridgehead atoms. The monoisotopic (exact) mass is 346 g/mol. The Morgan fingerprint density at radius 3 is 2.62 bits per heavy atom. The standard InChI is InChI=1S/C16H19BrN4/c17-11-9-13-14(18)3-4-15(16(13)19-10-11)21-7-5-20(6-8-21)12-1-2-12/h3-4,9-10,12H,1-2,5-8,18H2. The molecule has 1 saturated heterocycles. The Morgan fingerprint density at radius 2 is 1.90 bits per heavy atom. The molecule has 2 heterocycles. The summed E-state index contributed by atoms with van der Waals surface area (Å²) < 4.78 is 0.970. The number of benzene rings is 1. The van der Waals surface area contributed by atoms with Crippen LogP contribution in [0.3, 0.4) is 0 Å². The average molecular weight is 347 g/mol. The maximum atomic E-state index is 6.11. The summed E-state index contributed by atoms with van der Waals surface area (Å²) in [7, 11) is 0. The highest BCUT2D eigenvalue weighted by atomic mass is 79.9. The van der Waals surface area contributed by atoms with E-state index in [1.165, 1.54) is 18.5 Å². The van der Waals surface area contributed by atoms with E-state index in [0.29, 0.717) is 0 Å². The van der Waals surface area contributed by atoms with Crippen LogP contribution >= 0.6 is 15.9 Å². The van der Waals surface area contributed by atoms with Gasteiger partial charge in [-0.2, -0.15) is 0 Å². The van der Waals surface area contributed by atoms with Crippen molar-refractivity contribution in [2.45, 2.75) is 18.9 Å². The molecular formula is C16H19BrN4. The lowest BCUT2D eigenvalue weighted by molar-refractivity contribution is 0.248. The van der Waals surface area contributed by atoms with Crippen LogP contribution in [0, 0.1) is 0 Å². The fraction of sp³-hybridized carbons (Fsp3) is 0.438. The van der Waals surface area contributed by atoms with E-state index in [1.807, 2.05) is 12.3 Å². The third kappa shape index (κ3) is 2.49. The highest BCUT2D eigenvalue weighted by Crippen LogP contribution is 2.33. The summed E-state index contributed by atoms with van der Waals surface area (Å²) in [6.07, 6.45) is 4.63. The second kappa shape index (κ2) is 5.14. The maximum Gasteiger partial charge on any atom is 0.0956 e. The summed E-state index contributed by atoms with van der Waals surface area (Å²) >= 11 is 3.48. The van der Waals surface area contributed by atoms with Gasteiger partial charge < -0.3 is 10.6 Å². The van der Waals surface area contributed by atoms with Crippen LogP contribution in [-0.4, -0.2) is 42.1 Å². The molecule has 2 aliphatic rings. The molecule has 1 aromatic heterocycles. The van der Waals surface area contributed by atoms with E-state index in [2.05, 4.69) is 42.8 Å². The quantitative estimate of drug-likeness (QED) is 0.849. The van der Waals surface area contributed by atoms with Gasteiger partial charge >= 0.3 is 0 Å². The van der Waals surface area contributed by atoms with E-state index in [9.17, 15) is 0 Å². The Labute approximate surface area is 133 Å². The van der Waals surface area contributed by atoms with Gasteiger partial charge in [-0.1, -0.05) is 0 Å². The minimum atomic E-state index is 0.791. The number of hydrogen-bond acceptors (Lipinski definition) is 4. The van der Waals surface area contributed by atoms with E-state index in [-0.39, 0.29) is 0 Å². The van der Waals surface area contributed by atoms with Crippen LogP contribution in [0.4, 0.5) is 11.4 Å². The first-order chi connectivity index (χ1) is 10.2. The summed E-state index contributed by atoms with van der Waals surface area (Å²) in [6, 6.07) is 7.04. The van der Waals surface area contributed by atoms with Gasteiger partial charge in [-0.15, -0.1) is 0 Å². The van der Waals surface area contributed by atoms with Crippen LogP contribution in [0.15, 0.2) is 28.9 Å². The van der Waals surface area contributed by atoms with Crippen molar-refractivity contribution in [3.63, 3.8) is 0 Å². The predicted octanol–water partition coefficient (Wildman–Crippen LogP) is 2.86. The topological polar surface area (TPSA) is 45.4 Å². The summed E-state index contributed by atoms with van der Waals surface area (Å²) in [5.74, 6) is 0. The largest absolute Gasteiger partial charge is 0.398 e. The zero-order valence-electron chi connectivity index (χ0n) is 11.9. The third-order valence-corrected chi connectivity index (χ3v) is 4.98. The van der Waals surface area contributed by atoms with Gasteiger partial charge in [-0.25, -0.2) is 0 Å². The van der Waals surface area contributed by atoms with Gasteiger partial charge in [0.2, 0.25) is 0 Å². The van der Waals surface area contributed by atoms with Gasteiger partial charge in [0, 0.05) is 54.0 Å². The van der Waals surface area contributed by atoms with Crippen LogP contribution < -0.4 is 10.6 Å². The first kappa shape index (κ1) is 13.3. The van der Waals surface area contributed by atoms with E-state index < -0.39 is 0 Å². The van der Waals surface area contributed by atoms with Gasteiger partial charge in [-0.3, -0.25) is 9.88 Å². The fourth-order valence-corrected chi connectivity index (χ4v) is 3.55. The van der Waals surface area contributed by atoms with Crippen molar-refractivity contribution in [1.29, 1.82) is 0 Å². The van der Waals surface area contributed by atoms with Crippen LogP contribution in [0.5, 0.6) is 0 Å². The van der Waals surface area contributed by atoms with Crippen molar-refractivity contribution in [3.05, 3.63) is 28.9 Å². The molecule has 0 amide bonds. The number of halogens is 1.